The van der Waals surface area contributed by atoms with Gasteiger partial charge in [-0.1, -0.05) is 0 Å². The SMILES string of the molecule is Cc1c(C=CC(=O)c2ccc(Br)s2)cnn1C. The minimum absolute atomic E-state index is 0.0175. The Labute approximate surface area is 112 Å². The molecule has 0 aromatic carbocycles. The Morgan fingerprint density at radius 2 is 2.29 bits per heavy atom. The molecule has 0 atom stereocenters. The van der Waals surface area contributed by atoms with Gasteiger partial charge in [-0.3, -0.25) is 9.48 Å². The highest BCUT2D eigenvalue weighted by Crippen LogP contribution is 2.23. The third-order valence-electron chi connectivity index (χ3n) is 2.50. The first-order chi connectivity index (χ1) is 8.08. The van der Waals surface area contributed by atoms with Crippen LogP contribution in [-0.4, -0.2) is 15.6 Å². The van der Waals surface area contributed by atoms with E-state index in [1.165, 1.54) is 11.3 Å². The van der Waals surface area contributed by atoms with Crippen LogP contribution in [0.3, 0.4) is 0 Å². The second-order valence-electron chi connectivity index (χ2n) is 3.61. The van der Waals surface area contributed by atoms with E-state index in [0.29, 0.717) is 0 Å². The second-order valence-corrected chi connectivity index (χ2v) is 6.07. The molecule has 0 amide bonds. The van der Waals surface area contributed by atoms with Crippen molar-refractivity contribution in [1.82, 2.24) is 9.78 Å². The summed E-state index contributed by atoms with van der Waals surface area (Å²) < 4.78 is 2.75. The molecular weight excluding hydrogens is 300 g/mol. The van der Waals surface area contributed by atoms with Crippen LogP contribution in [-0.2, 0) is 7.05 Å². The number of aryl methyl sites for hydroxylation is 1. The largest absolute Gasteiger partial charge is 0.288 e. The van der Waals surface area contributed by atoms with Crippen LogP contribution < -0.4 is 0 Å². The average molecular weight is 311 g/mol. The summed E-state index contributed by atoms with van der Waals surface area (Å²) in [4.78, 5) is 12.6. The zero-order chi connectivity index (χ0) is 12.4. The Morgan fingerprint density at radius 3 is 2.82 bits per heavy atom. The molecule has 0 aliphatic heterocycles. The van der Waals surface area contributed by atoms with Gasteiger partial charge >= 0.3 is 0 Å². The topological polar surface area (TPSA) is 34.9 Å². The van der Waals surface area contributed by atoms with Crippen LogP contribution in [0, 0.1) is 6.92 Å². The maximum atomic E-state index is 11.8. The summed E-state index contributed by atoms with van der Waals surface area (Å²) in [7, 11) is 1.88. The maximum Gasteiger partial charge on any atom is 0.195 e. The summed E-state index contributed by atoms with van der Waals surface area (Å²) in [6.07, 6.45) is 5.14. The van der Waals surface area contributed by atoms with Crippen molar-refractivity contribution in [2.24, 2.45) is 7.05 Å². The van der Waals surface area contributed by atoms with E-state index in [-0.39, 0.29) is 5.78 Å². The van der Waals surface area contributed by atoms with Crippen molar-refractivity contribution in [3.8, 4) is 0 Å². The minimum Gasteiger partial charge on any atom is -0.288 e. The van der Waals surface area contributed by atoms with E-state index >= 15 is 0 Å². The summed E-state index contributed by atoms with van der Waals surface area (Å²) in [5.74, 6) is 0.0175. The first-order valence-electron chi connectivity index (χ1n) is 5.04. The maximum absolute atomic E-state index is 11.8. The summed E-state index contributed by atoms with van der Waals surface area (Å²) >= 11 is 4.78. The van der Waals surface area contributed by atoms with E-state index in [4.69, 9.17) is 0 Å². The molecule has 88 valence electrons. The number of carbonyl (C=O) groups is 1. The normalized spacial score (nSPS) is 11.2. The fourth-order valence-electron chi connectivity index (χ4n) is 1.37. The van der Waals surface area contributed by atoms with Crippen LogP contribution >= 0.6 is 27.3 Å². The van der Waals surface area contributed by atoms with Crippen LogP contribution in [0.5, 0.6) is 0 Å². The monoisotopic (exact) mass is 310 g/mol. The van der Waals surface area contributed by atoms with Crippen LogP contribution in [0.2, 0.25) is 0 Å². The number of ketones is 1. The number of carbonyl (C=O) groups excluding carboxylic acids is 1. The standard InChI is InChI=1S/C12H11BrN2OS/c1-8-9(7-14-15(8)2)3-4-10(16)11-5-6-12(13)17-11/h3-7H,1-2H3. The summed E-state index contributed by atoms with van der Waals surface area (Å²) in [6, 6.07) is 3.69. The highest BCUT2D eigenvalue weighted by atomic mass is 79.9. The van der Waals surface area contributed by atoms with Crippen molar-refractivity contribution in [3.05, 3.63) is 44.3 Å². The number of nitrogens with zero attached hydrogens (tertiary/aromatic N) is 2. The number of aromatic nitrogens is 2. The fraction of sp³-hybridized carbons (Fsp3) is 0.167. The van der Waals surface area contributed by atoms with Gasteiger partial charge in [0.1, 0.15) is 0 Å². The molecule has 3 nitrogen and oxygen atoms in total. The Hall–Kier alpha value is -1.20. The van der Waals surface area contributed by atoms with E-state index < -0.39 is 0 Å². The first-order valence-corrected chi connectivity index (χ1v) is 6.65. The number of thiophene rings is 1. The van der Waals surface area contributed by atoms with Crippen LogP contribution in [0.4, 0.5) is 0 Å². The number of rotatable bonds is 3. The lowest BCUT2D eigenvalue weighted by Crippen LogP contribution is -1.92. The smallest absolute Gasteiger partial charge is 0.195 e. The second kappa shape index (κ2) is 4.98. The predicted molar refractivity (Wildman–Crippen MR) is 73.3 cm³/mol. The van der Waals surface area contributed by atoms with E-state index in [2.05, 4.69) is 21.0 Å². The van der Waals surface area contributed by atoms with Gasteiger partial charge in [-0.15, -0.1) is 11.3 Å². The summed E-state index contributed by atoms with van der Waals surface area (Å²) in [5, 5.41) is 4.12. The van der Waals surface area contributed by atoms with E-state index in [9.17, 15) is 4.79 Å². The average Bonchev–Trinajstić information content (AvgIpc) is 2.86. The van der Waals surface area contributed by atoms with Gasteiger partial charge in [-0.2, -0.15) is 5.10 Å². The number of hydrogen-bond acceptors (Lipinski definition) is 3. The van der Waals surface area contributed by atoms with Gasteiger partial charge in [-0.25, -0.2) is 0 Å². The molecule has 0 aliphatic rings. The van der Waals surface area contributed by atoms with Crippen molar-refractivity contribution in [3.63, 3.8) is 0 Å². The van der Waals surface area contributed by atoms with Crippen molar-refractivity contribution in [2.75, 3.05) is 0 Å². The third-order valence-corrected chi connectivity index (χ3v) is 4.14. The minimum atomic E-state index is 0.0175. The number of allylic oxidation sites excluding steroid dienone is 1. The first kappa shape index (κ1) is 12.3. The molecule has 0 saturated carbocycles. The molecule has 0 N–H and O–H groups in total. The molecule has 2 heterocycles. The lowest BCUT2D eigenvalue weighted by Gasteiger charge is -1.93. The van der Waals surface area contributed by atoms with E-state index in [0.717, 1.165) is 19.9 Å². The van der Waals surface area contributed by atoms with Crippen LogP contribution in [0.15, 0.2) is 28.2 Å². The van der Waals surface area contributed by atoms with Gasteiger partial charge < -0.3 is 0 Å². The summed E-state index contributed by atoms with van der Waals surface area (Å²) in [6.45, 7) is 1.97. The molecule has 0 unspecified atom stereocenters. The molecule has 2 aromatic rings. The molecule has 0 saturated heterocycles. The molecule has 0 fully saturated rings. The predicted octanol–water partition coefficient (Wildman–Crippen LogP) is 3.45. The van der Waals surface area contributed by atoms with Crippen molar-refractivity contribution >= 4 is 39.1 Å². The van der Waals surface area contributed by atoms with Crippen LogP contribution in [0.25, 0.3) is 6.08 Å². The van der Waals surface area contributed by atoms with Crippen LogP contribution in [0.1, 0.15) is 20.9 Å². The van der Waals surface area contributed by atoms with Gasteiger partial charge in [-0.05, 0) is 47.1 Å². The molecular formula is C12H11BrN2OS. The molecule has 0 aliphatic carbocycles. The number of hydrogen-bond donors (Lipinski definition) is 0. The molecule has 2 rings (SSSR count). The quantitative estimate of drug-likeness (QED) is 0.643. The van der Waals surface area contributed by atoms with Gasteiger partial charge in [0.15, 0.2) is 5.78 Å². The van der Waals surface area contributed by atoms with Gasteiger partial charge in [0.2, 0.25) is 0 Å². The summed E-state index contributed by atoms with van der Waals surface area (Å²) in [5.41, 5.74) is 2.01. The third kappa shape index (κ3) is 2.73. The Bertz CT molecular complexity index is 583. The zero-order valence-corrected chi connectivity index (χ0v) is 11.9. The zero-order valence-electron chi connectivity index (χ0n) is 9.48. The molecule has 5 heteroatoms. The Kier molecular flexibility index (Phi) is 3.59. The fourth-order valence-corrected chi connectivity index (χ4v) is 2.68. The molecule has 17 heavy (non-hydrogen) atoms. The lowest BCUT2D eigenvalue weighted by molar-refractivity contribution is 0.105. The van der Waals surface area contributed by atoms with Crippen molar-refractivity contribution < 1.29 is 4.79 Å². The van der Waals surface area contributed by atoms with Gasteiger partial charge in [0, 0.05) is 18.3 Å². The van der Waals surface area contributed by atoms with Crippen molar-refractivity contribution in [1.29, 1.82) is 0 Å². The molecule has 0 bridgehead atoms. The molecule has 0 radical (unpaired) electrons. The van der Waals surface area contributed by atoms with Gasteiger partial charge in [0.25, 0.3) is 0 Å². The highest BCUT2D eigenvalue weighted by molar-refractivity contribution is 9.11. The van der Waals surface area contributed by atoms with Gasteiger partial charge in [0.05, 0.1) is 14.9 Å². The van der Waals surface area contributed by atoms with E-state index in [1.807, 2.05) is 26.1 Å². The Balaban J connectivity index is 2.16. The molecule has 0 spiro atoms. The number of halogens is 1. The Morgan fingerprint density at radius 1 is 1.53 bits per heavy atom. The highest BCUT2D eigenvalue weighted by Gasteiger charge is 2.05. The molecule has 2 aromatic heterocycles. The lowest BCUT2D eigenvalue weighted by atomic mass is 10.2. The van der Waals surface area contributed by atoms with Crippen molar-refractivity contribution in [2.45, 2.75) is 6.92 Å². The van der Waals surface area contributed by atoms with E-state index in [1.54, 1.807) is 23.0 Å².